The van der Waals surface area contributed by atoms with E-state index in [1.165, 1.54) is 0 Å². The molecule has 7 heteroatoms. The maximum Gasteiger partial charge on any atom is 0.339 e. The maximum absolute atomic E-state index is 13.0. The molecule has 0 saturated heterocycles. The summed E-state index contributed by atoms with van der Waals surface area (Å²) in [7, 11) is 0. The lowest BCUT2D eigenvalue weighted by atomic mass is 10.0. The van der Waals surface area contributed by atoms with Gasteiger partial charge in [-0.25, -0.2) is 9.18 Å². The minimum atomic E-state index is -1.46. The zero-order chi connectivity index (χ0) is 11.6. The van der Waals surface area contributed by atoms with Crippen molar-refractivity contribution in [2.75, 3.05) is 6.61 Å². The van der Waals surface area contributed by atoms with Crippen molar-refractivity contribution in [3.05, 3.63) is 29.1 Å². The van der Waals surface area contributed by atoms with Gasteiger partial charge in [-0.05, 0) is 12.1 Å². The molecule has 1 rings (SSSR count). The fourth-order valence-electron chi connectivity index (χ4n) is 1.16. The number of hydrogen-bond donors (Lipinski definition) is 4. The number of carboxylic acid groups (broad SMARTS) is 1. The topological polar surface area (TPSA) is 104 Å². The molecular weight excluding hydrogens is 241 g/mol. The van der Waals surface area contributed by atoms with E-state index in [0.29, 0.717) is 6.07 Å². The monoisotopic (exact) mass is 251 g/mol. The number of carboxylic acids is 1. The minimum Gasteiger partial charge on any atom is -0.507 e. The summed E-state index contributed by atoms with van der Waals surface area (Å²) in [6.45, 7) is -0.518. The minimum absolute atomic E-state index is 0. The SMILES string of the molecule is Cl.N[C@H](CO)c1cc(F)cc(C(=O)O)c1O. The normalized spacial score (nSPS) is 11.7. The Kier molecular flexibility index (Phi) is 5.16. The van der Waals surface area contributed by atoms with Crippen LogP contribution in [0.3, 0.4) is 0 Å². The number of aliphatic hydroxyl groups is 1. The van der Waals surface area contributed by atoms with Gasteiger partial charge in [0.1, 0.15) is 17.1 Å². The lowest BCUT2D eigenvalue weighted by Crippen LogP contribution is -2.16. The zero-order valence-electron chi connectivity index (χ0n) is 8.05. The Morgan fingerprint density at radius 2 is 2.06 bits per heavy atom. The molecule has 0 aliphatic carbocycles. The Morgan fingerprint density at radius 3 is 2.50 bits per heavy atom. The molecule has 5 N–H and O–H groups in total. The van der Waals surface area contributed by atoms with Crippen molar-refractivity contribution < 1.29 is 24.5 Å². The summed E-state index contributed by atoms with van der Waals surface area (Å²) in [6, 6.07) is 0.562. The summed E-state index contributed by atoms with van der Waals surface area (Å²) in [6.07, 6.45) is 0. The largest absolute Gasteiger partial charge is 0.507 e. The van der Waals surface area contributed by atoms with E-state index in [0.717, 1.165) is 6.07 Å². The second-order valence-corrected chi connectivity index (χ2v) is 2.99. The zero-order valence-corrected chi connectivity index (χ0v) is 8.87. The van der Waals surface area contributed by atoms with E-state index in [9.17, 15) is 14.3 Å². The smallest absolute Gasteiger partial charge is 0.339 e. The number of carbonyl (C=O) groups is 1. The average molecular weight is 252 g/mol. The van der Waals surface area contributed by atoms with E-state index in [1.807, 2.05) is 0 Å². The van der Waals surface area contributed by atoms with Crippen LogP contribution in [0.2, 0.25) is 0 Å². The van der Waals surface area contributed by atoms with E-state index in [1.54, 1.807) is 0 Å². The number of hydrogen-bond acceptors (Lipinski definition) is 4. The molecule has 0 heterocycles. The highest BCUT2D eigenvalue weighted by atomic mass is 35.5. The van der Waals surface area contributed by atoms with Gasteiger partial charge in [0, 0.05) is 5.56 Å². The molecule has 0 aromatic heterocycles. The Morgan fingerprint density at radius 1 is 1.50 bits per heavy atom. The summed E-state index contributed by atoms with van der Waals surface area (Å²) in [5, 5.41) is 26.8. The number of aromatic carboxylic acids is 1. The van der Waals surface area contributed by atoms with Gasteiger partial charge >= 0.3 is 5.97 Å². The van der Waals surface area contributed by atoms with Crippen molar-refractivity contribution in [3.63, 3.8) is 0 Å². The van der Waals surface area contributed by atoms with E-state index >= 15 is 0 Å². The second-order valence-electron chi connectivity index (χ2n) is 2.99. The van der Waals surface area contributed by atoms with Crippen LogP contribution in [-0.2, 0) is 0 Å². The molecule has 1 aromatic rings. The summed E-state index contributed by atoms with van der Waals surface area (Å²) >= 11 is 0. The fraction of sp³-hybridized carbons (Fsp3) is 0.222. The second kappa shape index (κ2) is 5.64. The van der Waals surface area contributed by atoms with Crippen molar-refractivity contribution in [1.82, 2.24) is 0 Å². The van der Waals surface area contributed by atoms with Crippen molar-refractivity contribution >= 4 is 18.4 Å². The van der Waals surface area contributed by atoms with Crippen LogP contribution < -0.4 is 5.73 Å². The molecule has 0 fully saturated rings. The van der Waals surface area contributed by atoms with Gasteiger partial charge in [-0.2, -0.15) is 0 Å². The first-order valence-electron chi connectivity index (χ1n) is 4.09. The molecule has 0 bridgehead atoms. The first-order chi connectivity index (χ1) is 6.97. The third-order valence-electron chi connectivity index (χ3n) is 1.93. The number of rotatable bonds is 3. The summed E-state index contributed by atoms with van der Waals surface area (Å²) in [4.78, 5) is 10.6. The number of halogens is 2. The van der Waals surface area contributed by atoms with Crippen LogP contribution in [0.15, 0.2) is 12.1 Å². The van der Waals surface area contributed by atoms with Gasteiger partial charge < -0.3 is 21.1 Å². The molecule has 0 aliphatic rings. The molecule has 0 spiro atoms. The van der Waals surface area contributed by atoms with E-state index in [2.05, 4.69) is 0 Å². The lowest BCUT2D eigenvalue weighted by Gasteiger charge is -2.12. The standard InChI is InChI=1S/C9H10FNO4.ClH/c10-4-1-5(7(11)3-12)8(13)6(2-4)9(14)15;/h1-2,7,12-13H,3,11H2,(H,14,15);1H/t7-;/m1./s1. The van der Waals surface area contributed by atoms with Gasteiger partial charge in [-0.1, -0.05) is 0 Å². The number of benzene rings is 1. The molecule has 5 nitrogen and oxygen atoms in total. The highest BCUT2D eigenvalue weighted by Crippen LogP contribution is 2.28. The van der Waals surface area contributed by atoms with Gasteiger partial charge in [-0.3, -0.25) is 0 Å². The third kappa shape index (κ3) is 2.82. The van der Waals surface area contributed by atoms with Crippen LogP contribution in [0.25, 0.3) is 0 Å². The number of phenols is 1. The number of nitrogens with two attached hydrogens (primary N) is 1. The van der Waals surface area contributed by atoms with Crippen molar-refractivity contribution in [3.8, 4) is 5.75 Å². The molecule has 0 saturated carbocycles. The van der Waals surface area contributed by atoms with E-state index in [4.69, 9.17) is 15.9 Å². The van der Waals surface area contributed by atoms with Crippen LogP contribution in [0.5, 0.6) is 5.75 Å². The van der Waals surface area contributed by atoms with Gasteiger partial charge in [0.15, 0.2) is 0 Å². The van der Waals surface area contributed by atoms with Crippen molar-refractivity contribution in [2.24, 2.45) is 5.73 Å². The van der Waals surface area contributed by atoms with Crippen molar-refractivity contribution in [2.45, 2.75) is 6.04 Å². The highest BCUT2D eigenvalue weighted by molar-refractivity contribution is 5.91. The Balaban J connectivity index is 0.00000225. The Bertz CT molecular complexity index is 399. The van der Waals surface area contributed by atoms with Crippen LogP contribution in [-0.4, -0.2) is 27.9 Å². The Labute approximate surface area is 96.7 Å². The molecule has 16 heavy (non-hydrogen) atoms. The van der Waals surface area contributed by atoms with Gasteiger partial charge in [0.05, 0.1) is 12.6 Å². The van der Waals surface area contributed by atoms with Crippen molar-refractivity contribution in [1.29, 1.82) is 0 Å². The molecule has 0 aliphatic heterocycles. The predicted molar refractivity (Wildman–Crippen MR) is 56.3 cm³/mol. The number of aromatic hydroxyl groups is 1. The molecule has 90 valence electrons. The molecular formula is C9H11ClFNO4. The average Bonchev–Trinajstić information content (AvgIpc) is 2.19. The van der Waals surface area contributed by atoms with Crippen LogP contribution in [0, 0.1) is 5.82 Å². The molecule has 0 unspecified atom stereocenters. The highest BCUT2D eigenvalue weighted by Gasteiger charge is 2.19. The summed E-state index contributed by atoms with van der Waals surface area (Å²) in [5.41, 5.74) is 4.66. The first kappa shape index (κ1) is 14.6. The predicted octanol–water partition coefficient (Wildman–Crippen LogP) is 0.643. The van der Waals surface area contributed by atoms with Crippen LogP contribution in [0.1, 0.15) is 22.0 Å². The quantitative estimate of drug-likeness (QED) is 0.631. The van der Waals surface area contributed by atoms with Gasteiger partial charge in [-0.15, -0.1) is 12.4 Å². The molecule has 1 aromatic carbocycles. The fourth-order valence-corrected chi connectivity index (χ4v) is 1.16. The van der Waals surface area contributed by atoms with Gasteiger partial charge in [0.25, 0.3) is 0 Å². The lowest BCUT2D eigenvalue weighted by molar-refractivity contribution is 0.0692. The van der Waals surface area contributed by atoms with Crippen LogP contribution in [0.4, 0.5) is 4.39 Å². The molecule has 0 amide bonds. The third-order valence-corrected chi connectivity index (χ3v) is 1.93. The van der Waals surface area contributed by atoms with Gasteiger partial charge in [0.2, 0.25) is 0 Å². The Hall–Kier alpha value is -1.37. The summed E-state index contributed by atoms with van der Waals surface area (Å²) in [5.74, 6) is -2.91. The molecule has 0 radical (unpaired) electrons. The first-order valence-corrected chi connectivity index (χ1v) is 4.09. The number of aliphatic hydroxyl groups excluding tert-OH is 1. The van der Waals surface area contributed by atoms with E-state index < -0.39 is 35.7 Å². The van der Waals surface area contributed by atoms with E-state index in [-0.39, 0.29) is 18.0 Å². The molecule has 1 atom stereocenters. The van der Waals surface area contributed by atoms with Crippen LogP contribution >= 0.6 is 12.4 Å². The maximum atomic E-state index is 13.0. The summed E-state index contributed by atoms with van der Waals surface area (Å²) < 4.78 is 13.0.